The van der Waals surface area contributed by atoms with Crippen molar-refractivity contribution < 1.29 is 17.9 Å². The average molecular weight is 210 g/mol. The first-order chi connectivity index (χ1) is 6.03. The number of alkyl halides is 1. The number of halogens is 1. The van der Waals surface area contributed by atoms with E-state index in [2.05, 4.69) is 0 Å². The van der Waals surface area contributed by atoms with E-state index in [9.17, 15) is 12.8 Å². The predicted molar refractivity (Wildman–Crippen MR) is 48.0 cm³/mol. The maximum absolute atomic E-state index is 12.7. The van der Waals surface area contributed by atoms with E-state index in [0.717, 1.165) is 6.42 Å². The van der Waals surface area contributed by atoms with Gasteiger partial charge >= 0.3 is 0 Å². The Morgan fingerprint density at radius 2 is 2.23 bits per heavy atom. The van der Waals surface area contributed by atoms with Crippen LogP contribution < -0.4 is 0 Å². The Kier molecular flexibility index (Phi) is 3.67. The molecule has 0 radical (unpaired) electrons. The Hall–Kier alpha value is -0.160. The monoisotopic (exact) mass is 210 g/mol. The van der Waals surface area contributed by atoms with Gasteiger partial charge in [-0.15, -0.1) is 0 Å². The van der Waals surface area contributed by atoms with Crippen molar-refractivity contribution in [3.05, 3.63) is 0 Å². The molecule has 0 bridgehead atoms. The summed E-state index contributed by atoms with van der Waals surface area (Å²) in [7, 11) is -2.93. The van der Waals surface area contributed by atoms with Crippen LogP contribution in [0.5, 0.6) is 0 Å². The van der Waals surface area contributed by atoms with Crippen LogP contribution in [0.4, 0.5) is 4.39 Å². The zero-order valence-electron chi connectivity index (χ0n) is 7.45. The second-order valence-corrected chi connectivity index (χ2v) is 5.87. The third-order valence-electron chi connectivity index (χ3n) is 2.34. The molecule has 0 saturated carbocycles. The first-order valence-corrected chi connectivity index (χ1v) is 6.31. The molecule has 1 N–H and O–H groups in total. The van der Waals surface area contributed by atoms with Crippen molar-refractivity contribution in [2.75, 3.05) is 18.1 Å². The SMILES string of the molecule is O=S1(=O)CCCC(CC(F)CO)C1. The van der Waals surface area contributed by atoms with Gasteiger partial charge in [0.25, 0.3) is 0 Å². The molecule has 1 rings (SSSR count). The largest absolute Gasteiger partial charge is 0.393 e. The molecule has 1 fully saturated rings. The van der Waals surface area contributed by atoms with Crippen molar-refractivity contribution in [3.63, 3.8) is 0 Å². The second-order valence-electron chi connectivity index (χ2n) is 3.64. The number of rotatable bonds is 3. The van der Waals surface area contributed by atoms with E-state index in [0.29, 0.717) is 6.42 Å². The van der Waals surface area contributed by atoms with Gasteiger partial charge in [0.15, 0.2) is 9.84 Å². The summed E-state index contributed by atoms with van der Waals surface area (Å²) in [5, 5.41) is 8.47. The first kappa shape index (κ1) is 10.9. The maximum Gasteiger partial charge on any atom is 0.150 e. The molecular formula is C8H15FO3S. The Bertz CT molecular complexity index is 250. The highest BCUT2D eigenvalue weighted by molar-refractivity contribution is 7.91. The van der Waals surface area contributed by atoms with Crippen LogP contribution in [-0.2, 0) is 9.84 Å². The van der Waals surface area contributed by atoms with Crippen molar-refractivity contribution in [2.45, 2.75) is 25.4 Å². The van der Waals surface area contributed by atoms with Crippen molar-refractivity contribution in [2.24, 2.45) is 5.92 Å². The third-order valence-corrected chi connectivity index (χ3v) is 4.23. The molecule has 0 aromatic rings. The molecule has 1 aliphatic heterocycles. The van der Waals surface area contributed by atoms with Crippen LogP contribution in [0.25, 0.3) is 0 Å². The molecule has 78 valence electrons. The number of hydrogen-bond donors (Lipinski definition) is 1. The lowest BCUT2D eigenvalue weighted by atomic mass is 9.99. The molecule has 13 heavy (non-hydrogen) atoms. The minimum atomic E-state index is -2.93. The molecule has 2 atom stereocenters. The molecule has 0 aromatic carbocycles. The van der Waals surface area contributed by atoms with E-state index in [1.807, 2.05) is 0 Å². The fraction of sp³-hybridized carbons (Fsp3) is 1.00. The van der Waals surface area contributed by atoms with Crippen LogP contribution in [0, 0.1) is 5.92 Å². The fourth-order valence-corrected chi connectivity index (χ4v) is 3.53. The van der Waals surface area contributed by atoms with Crippen LogP contribution in [0.2, 0.25) is 0 Å². The average Bonchev–Trinajstić information content (AvgIpc) is 2.02. The Labute approximate surface area is 77.9 Å². The summed E-state index contributed by atoms with van der Waals surface area (Å²) < 4.78 is 35.0. The standard InChI is InChI=1S/C8H15FO3S/c9-8(5-10)4-7-2-1-3-13(11,12)6-7/h7-8,10H,1-6H2. The predicted octanol–water partition coefficient (Wildman–Crippen LogP) is 0.532. The quantitative estimate of drug-likeness (QED) is 0.739. The lowest BCUT2D eigenvalue weighted by molar-refractivity contribution is 0.153. The van der Waals surface area contributed by atoms with Crippen LogP contribution in [-0.4, -0.2) is 37.8 Å². The molecule has 0 spiro atoms. The van der Waals surface area contributed by atoms with Crippen molar-refractivity contribution in [3.8, 4) is 0 Å². The summed E-state index contributed by atoms with van der Waals surface area (Å²) in [6.07, 6.45) is 0.305. The summed E-state index contributed by atoms with van der Waals surface area (Å²) in [4.78, 5) is 0. The molecular weight excluding hydrogens is 195 g/mol. The fourth-order valence-electron chi connectivity index (χ4n) is 1.74. The van der Waals surface area contributed by atoms with Gasteiger partial charge in [-0.3, -0.25) is 0 Å². The van der Waals surface area contributed by atoms with Crippen LogP contribution in [0.15, 0.2) is 0 Å². The Morgan fingerprint density at radius 3 is 2.77 bits per heavy atom. The normalized spacial score (nSPS) is 29.8. The Balaban J connectivity index is 2.43. The minimum absolute atomic E-state index is 0.0907. The lowest BCUT2D eigenvalue weighted by Crippen LogP contribution is -2.27. The molecule has 3 nitrogen and oxygen atoms in total. The van der Waals surface area contributed by atoms with Gasteiger partial charge in [-0.05, 0) is 25.2 Å². The van der Waals surface area contributed by atoms with Gasteiger partial charge < -0.3 is 5.11 Å². The van der Waals surface area contributed by atoms with Gasteiger partial charge in [-0.25, -0.2) is 12.8 Å². The van der Waals surface area contributed by atoms with E-state index < -0.39 is 22.6 Å². The van der Waals surface area contributed by atoms with E-state index >= 15 is 0 Å². The van der Waals surface area contributed by atoms with E-state index in [-0.39, 0.29) is 23.8 Å². The maximum atomic E-state index is 12.7. The Morgan fingerprint density at radius 1 is 1.54 bits per heavy atom. The highest BCUT2D eigenvalue weighted by Gasteiger charge is 2.26. The van der Waals surface area contributed by atoms with Crippen LogP contribution in [0.3, 0.4) is 0 Å². The van der Waals surface area contributed by atoms with Gasteiger partial charge in [-0.1, -0.05) is 0 Å². The second kappa shape index (κ2) is 4.37. The van der Waals surface area contributed by atoms with Gasteiger partial charge in [0.2, 0.25) is 0 Å². The lowest BCUT2D eigenvalue weighted by Gasteiger charge is -2.22. The number of sulfone groups is 1. The summed E-state index contributed by atoms with van der Waals surface area (Å²) in [5.74, 6) is 0.230. The number of aliphatic hydroxyl groups is 1. The molecule has 0 aromatic heterocycles. The molecule has 0 aliphatic carbocycles. The smallest absolute Gasteiger partial charge is 0.150 e. The summed E-state index contributed by atoms with van der Waals surface area (Å²) in [6, 6.07) is 0. The zero-order chi connectivity index (χ0) is 9.90. The molecule has 5 heteroatoms. The summed E-state index contributed by atoms with van der Waals surface area (Å²) in [5.41, 5.74) is 0. The van der Waals surface area contributed by atoms with Crippen LogP contribution >= 0.6 is 0 Å². The highest BCUT2D eigenvalue weighted by Crippen LogP contribution is 2.23. The molecule has 1 saturated heterocycles. The van der Waals surface area contributed by atoms with Gasteiger partial charge in [0, 0.05) is 0 Å². The molecule has 1 heterocycles. The summed E-state index contributed by atoms with van der Waals surface area (Å²) in [6.45, 7) is -0.503. The summed E-state index contributed by atoms with van der Waals surface area (Å²) >= 11 is 0. The third kappa shape index (κ3) is 3.60. The number of aliphatic hydroxyl groups excluding tert-OH is 1. The highest BCUT2D eigenvalue weighted by atomic mass is 32.2. The molecule has 2 unspecified atom stereocenters. The van der Waals surface area contributed by atoms with Gasteiger partial charge in [0.1, 0.15) is 6.17 Å². The van der Waals surface area contributed by atoms with Crippen molar-refractivity contribution >= 4 is 9.84 Å². The molecule has 1 aliphatic rings. The van der Waals surface area contributed by atoms with Gasteiger partial charge in [0.05, 0.1) is 18.1 Å². The zero-order valence-corrected chi connectivity index (χ0v) is 8.26. The van der Waals surface area contributed by atoms with Gasteiger partial charge in [-0.2, -0.15) is 0 Å². The van der Waals surface area contributed by atoms with Crippen molar-refractivity contribution in [1.29, 1.82) is 0 Å². The molecule has 0 amide bonds. The van der Waals surface area contributed by atoms with E-state index in [4.69, 9.17) is 5.11 Å². The topological polar surface area (TPSA) is 54.4 Å². The van der Waals surface area contributed by atoms with E-state index in [1.165, 1.54) is 0 Å². The van der Waals surface area contributed by atoms with E-state index in [1.54, 1.807) is 0 Å². The number of hydrogen-bond acceptors (Lipinski definition) is 3. The minimum Gasteiger partial charge on any atom is -0.393 e. The van der Waals surface area contributed by atoms with Crippen molar-refractivity contribution in [1.82, 2.24) is 0 Å². The first-order valence-electron chi connectivity index (χ1n) is 4.49. The van der Waals surface area contributed by atoms with Crippen LogP contribution in [0.1, 0.15) is 19.3 Å².